The van der Waals surface area contributed by atoms with Crippen molar-refractivity contribution in [2.75, 3.05) is 13.7 Å². The summed E-state index contributed by atoms with van der Waals surface area (Å²) >= 11 is 0. The van der Waals surface area contributed by atoms with E-state index in [1.807, 2.05) is 0 Å². The first kappa shape index (κ1) is 14.1. The summed E-state index contributed by atoms with van der Waals surface area (Å²) in [7, 11) is -1.76. The van der Waals surface area contributed by atoms with E-state index in [0.717, 1.165) is 19.3 Å². The first-order valence-electron chi connectivity index (χ1n) is 6.23. The van der Waals surface area contributed by atoms with E-state index < -0.39 is 10.0 Å². The van der Waals surface area contributed by atoms with Crippen LogP contribution in [0.25, 0.3) is 0 Å². The first-order chi connectivity index (χ1) is 9.05. The van der Waals surface area contributed by atoms with Gasteiger partial charge in [0.15, 0.2) is 0 Å². The normalized spacial score (nSPS) is 15.7. The lowest BCUT2D eigenvalue weighted by molar-refractivity contribution is 0.249. The van der Waals surface area contributed by atoms with Gasteiger partial charge in [0.2, 0.25) is 10.0 Å². The minimum absolute atomic E-state index is 0.138. The average molecular weight is 279 g/mol. The van der Waals surface area contributed by atoms with Gasteiger partial charge in [-0.25, -0.2) is 8.42 Å². The van der Waals surface area contributed by atoms with E-state index in [-0.39, 0.29) is 17.5 Å². The molecule has 1 N–H and O–H groups in total. The van der Waals surface area contributed by atoms with Crippen LogP contribution in [-0.4, -0.2) is 37.5 Å². The minimum atomic E-state index is -3.40. The van der Waals surface area contributed by atoms with Crippen molar-refractivity contribution in [3.63, 3.8) is 0 Å². The van der Waals surface area contributed by atoms with Crippen molar-refractivity contribution in [3.05, 3.63) is 29.8 Å². The maximum atomic E-state index is 12.3. The lowest BCUT2D eigenvalue weighted by Crippen LogP contribution is -2.41. The molecule has 102 valence electrons. The molecule has 1 saturated carbocycles. The summed E-state index contributed by atoms with van der Waals surface area (Å²) in [6, 6.07) is 6.57. The molecule has 0 saturated heterocycles. The van der Waals surface area contributed by atoms with Crippen LogP contribution >= 0.6 is 0 Å². The Hall–Kier alpha value is -1.35. The number of rotatable bonds is 3. The van der Waals surface area contributed by atoms with E-state index in [1.165, 1.54) is 4.31 Å². The highest BCUT2D eigenvalue weighted by Gasteiger charge is 2.31. The Labute approximate surface area is 114 Å². The third kappa shape index (κ3) is 2.98. The molecule has 1 aliphatic rings. The Morgan fingerprint density at radius 3 is 2.42 bits per heavy atom. The summed E-state index contributed by atoms with van der Waals surface area (Å²) < 4.78 is 26.1. The van der Waals surface area contributed by atoms with Crippen molar-refractivity contribution in [2.45, 2.75) is 30.2 Å². The van der Waals surface area contributed by atoms with Gasteiger partial charge in [-0.3, -0.25) is 0 Å². The van der Waals surface area contributed by atoms with Crippen molar-refractivity contribution >= 4 is 10.0 Å². The van der Waals surface area contributed by atoms with Gasteiger partial charge in [0.25, 0.3) is 0 Å². The number of aliphatic hydroxyl groups excluding tert-OH is 1. The van der Waals surface area contributed by atoms with Crippen LogP contribution in [-0.2, 0) is 10.0 Å². The molecule has 2 rings (SSSR count). The van der Waals surface area contributed by atoms with Crippen LogP contribution < -0.4 is 0 Å². The van der Waals surface area contributed by atoms with E-state index in [0.29, 0.717) is 5.56 Å². The quantitative estimate of drug-likeness (QED) is 0.846. The Morgan fingerprint density at radius 1 is 1.32 bits per heavy atom. The van der Waals surface area contributed by atoms with Crippen molar-refractivity contribution in [3.8, 4) is 11.8 Å². The predicted octanol–water partition coefficient (Wildman–Crippen LogP) is 1.20. The maximum Gasteiger partial charge on any atom is 0.243 e. The van der Waals surface area contributed by atoms with Gasteiger partial charge in [0, 0.05) is 18.7 Å². The largest absolute Gasteiger partial charge is 0.384 e. The van der Waals surface area contributed by atoms with E-state index in [9.17, 15) is 8.42 Å². The Balaban J connectivity index is 2.20. The molecule has 1 aromatic carbocycles. The number of benzene rings is 1. The van der Waals surface area contributed by atoms with Gasteiger partial charge in [-0.2, -0.15) is 4.31 Å². The molecule has 0 unspecified atom stereocenters. The maximum absolute atomic E-state index is 12.3. The lowest BCUT2D eigenvalue weighted by atomic mass is 9.94. The molecule has 0 bridgehead atoms. The summed E-state index contributed by atoms with van der Waals surface area (Å²) in [5.74, 6) is 5.27. The van der Waals surface area contributed by atoms with Crippen molar-refractivity contribution in [1.29, 1.82) is 0 Å². The number of aliphatic hydroxyl groups is 1. The van der Waals surface area contributed by atoms with Crippen LogP contribution in [0, 0.1) is 11.8 Å². The minimum Gasteiger partial charge on any atom is -0.384 e. The highest BCUT2D eigenvalue weighted by atomic mass is 32.2. The number of nitrogens with zero attached hydrogens (tertiary/aromatic N) is 1. The second-order valence-corrected chi connectivity index (χ2v) is 6.59. The third-order valence-electron chi connectivity index (χ3n) is 3.43. The van der Waals surface area contributed by atoms with Crippen LogP contribution in [0.2, 0.25) is 0 Å². The Bertz CT molecular complexity index is 592. The summed E-state index contributed by atoms with van der Waals surface area (Å²) in [6.45, 7) is -0.204. The van der Waals surface area contributed by atoms with E-state index in [1.54, 1.807) is 31.3 Å². The molecule has 5 heteroatoms. The zero-order chi connectivity index (χ0) is 13.9. The average Bonchev–Trinajstić information content (AvgIpc) is 2.34. The topological polar surface area (TPSA) is 57.6 Å². The number of sulfonamides is 1. The number of hydrogen-bond donors (Lipinski definition) is 1. The molecule has 0 aliphatic heterocycles. The summed E-state index contributed by atoms with van der Waals surface area (Å²) in [5.41, 5.74) is 0.694. The molecule has 1 fully saturated rings. The fraction of sp³-hybridized carbons (Fsp3) is 0.429. The summed E-state index contributed by atoms with van der Waals surface area (Å²) in [6.07, 6.45) is 2.98. The molecular weight excluding hydrogens is 262 g/mol. The van der Waals surface area contributed by atoms with Gasteiger partial charge < -0.3 is 5.11 Å². The lowest BCUT2D eigenvalue weighted by Gasteiger charge is -2.33. The predicted molar refractivity (Wildman–Crippen MR) is 73.0 cm³/mol. The first-order valence-corrected chi connectivity index (χ1v) is 7.67. The van der Waals surface area contributed by atoms with Crippen LogP contribution in [0.5, 0.6) is 0 Å². The molecule has 0 aromatic heterocycles. The van der Waals surface area contributed by atoms with Gasteiger partial charge in [0.05, 0.1) is 4.90 Å². The highest BCUT2D eigenvalue weighted by molar-refractivity contribution is 7.89. The smallest absolute Gasteiger partial charge is 0.243 e. The molecule has 4 nitrogen and oxygen atoms in total. The highest BCUT2D eigenvalue weighted by Crippen LogP contribution is 2.28. The van der Waals surface area contributed by atoms with Gasteiger partial charge in [0.1, 0.15) is 6.61 Å². The van der Waals surface area contributed by atoms with E-state index >= 15 is 0 Å². The monoisotopic (exact) mass is 279 g/mol. The molecule has 0 heterocycles. The Kier molecular flexibility index (Phi) is 4.25. The second kappa shape index (κ2) is 5.74. The molecule has 19 heavy (non-hydrogen) atoms. The molecule has 0 amide bonds. The van der Waals surface area contributed by atoms with Gasteiger partial charge >= 0.3 is 0 Å². The molecular formula is C14H17NO3S. The van der Waals surface area contributed by atoms with Gasteiger partial charge in [-0.05, 0) is 37.1 Å². The van der Waals surface area contributed by atoms with Crippen molar-refractivity contribution in [1.82, 2.24) is 4.31 Å². The zero-order valence-corrected chi connectivity index (χ0v) is 11.7. The summed E-state index contributed by atoms with van der Waals surface area (Å²) in [4.78, 5) is 0.288. The van der Waals surface area contributed by atoms with E-state index in [4.69, 9.17) is 5.11 Å². The molecule has 0 atom stereocenters. The third-order valence-corrected chi connectivity index (χ3v) is 5.36. The van der Waals surface area contributed by atoms with Crippen LogP contribution in [0.3, 0.4) is 0 Å². The molecule has 1 aromatic rings. The SMILES string of the molecule is CN(C1CCC1)S(=O)(=O)c1ccc(C#CCO)cc1. The second-order valence-electron chi connectivity index (χ2n) is 4.59. The molecule has 1 aliphatic carbocycles. The molecule has 0 spiro atoms. The van der Waals surface area contributed by atoms with Gasteiger partial charge in [-0.1, -0.05) is 18.3 Å². The zero-order valence-electron chi connectivity index (χ0n) is 10.8. The van der Waals surface area contributed by atoms with Crippen LogP contribution in [0.15, 0.2) is 29.2 Å². The molecule has 0 radical (unpaired) electrons. The fourth-order valence-electron chi connectivity index (χ4n) is 1.96. The van der Waals surface area contributed by atoms with Crippen molar-refractivity contribution in [2.24, 2.45) is 0 Å². The summed E-state index contributed by atoms with van der Waals surface area (Å²) in [5, 5.41) is 8.60. The standard InChI is InChI=1S/C14H17NO3S/c1-15(13-5-2-6-13)19(17,18)14-9-7-12(8-10-14)4-3-11-16/h7-10,13,16H,2,5-6,11H2,1H3. The fourth-order valence-corrected chi connectivity index (χ4v) is 3.38. The Morgan fingerprint density at radius 2 is 1.95 bits per heavy atom. The van der Waals surface area contributed by atoms with Crippen molar-refractivity contribution < 1.29 is 13.5 Å². The van der Waals surface area contributed by atoms with Crippen LogP contribution in [0.1, 0.15) is 24.8 Å². The van der Waals surface area contributed by atoms with Gasteiger partial charge in [-0.15, -0.1) is 0 Å². The van der Waals surface area contributed by atoms with Crippen LogP contribution in [0.4, 0.5) is 0 Å². The number of hydrogen-bond acceptors (Lipinski definition) is 3. The van der Waals surface area contributed by atoms with E-state index in [2.05, 4.69) is 11.8 Å².